The summed E-state index contributed by atoms with van der Waals surface area (Å²) in [6, 6.07) is 3.98. The molecule has 1 saturated heterocycles. The van der Waals surface area contributed by atoms with Gasteiger partial charge in [-0.1, -0.05) is 20.3 Å². The van der Waals surface area contributed by atoms with Gasteiger partial charge in [-0.05, 0) is 76.0 Å². The SMILES string of the molecule is CC(C)CC[C@H](CCNCc1ccco1)[C@H]1CCOC(C)(C)C1. The molecule has 0 amide bonds. The molecule has 3 nitrogen and oxygen atoms in total. The second-order valence-electron chi connectivity index (χ2n) is 8.14. The molecule has 0 radical (unpaired) electrons. The summed E-state index contributed by atoms with van der Waals surface area (Å²) in [5, 5.41) is 3.54. The maximum absolute atomic E-state index is 5.92. The Morgan fingerprint density at radius 1 is 1.26 bits per heavy atom. The van der Waals surface area contributed by atoms with Crippen molar-refractivity contribution in [3.63, 3.8) is 0 Å². The van der Waals surface area contributed by atoms with E-state index < -0.39 is 0 Å². The van der Waals surface area contributed by atoms with Crippen LogP contribution in [-0.4, -0.2) is 18.8 Å². The normalized spacial score (nSPS) is 22.4. The molecule has 0 bridgehead atoms. The van der Waals surface area contributed by atoms with Crippen LogP contribution in [0.2, 0.25) is 0 Å². The molecule has 0 aromatic carbocycles. The lowest BCUT2D eigenvalue weighted by Crippen LogP contribution is -2.37. The van der Waals surface area contributed by atoms with Gasteiger partial charge in [-0.15, -0.1) is 0 Å². The lowest BCUT2D eigenvalue weighted by atomic mass is 9.75. The Hall–Kier alpha value is -0.800. The van der Waals surface area contributed by atoms with Gasteiger partial charge in [-0.3, -0.25) is 0 Å². The van der Waals surface area contributed by atoms with Crippen molar-refractivity contribution < 1.29 is 9.15 Å². The van der Waals surface area contributed by atoms with E-state index >= 15 is 0 Å². The van der Waals surface area contributed by atoms with Crippen LogP contribution in [0.5, 0.6) is 0 Å². The quantitative estimate of drug-likeness (QED) is 0.649. The summed E-state index contributed by atoms with van der Waals surface area (Å²) < 4.78 is 11.3. The van der Waals surface area contributed by atoms with Crippen LogP contribution in [0.3, 0.4) is 0 Å². The third kappa shape index (κ3) is 6.68. The molecule has 0 unspecified atom stereocenters. The van der Waals surface area contributed by atoms with E-state index in [1.54, 1.807) is 6.26 Å². The first kappa shape index (κ1) is 18.5. The molecule has 1 N–H and O–H groups in total. The Kier molecular flexibility index (Phi) is 7.16. The van der Waals surface area contributed by atoms with Gasteiger partial charge in [0.1, 0.15) is 5.76 Å². The minimum Gasteiger partial charge on any atom is -0.468 e. The molecule has 1 aromatic heterocycles. The van der Waals surface area contributed by atoms with E-state index in [-0.39, 0.29) is 5.60 Å². The zero-order chi connectivity index (χ0) is 16.7. The second kappa shape index (κ2) is 8.89. The molecular weight excluding hydrogens is 286 g/mol. The Balaban J connectivity index is 1.80. The van der Waals surface area contributed by atoms with Crippen molar-refractivity contribution >= 4 is 0 Å². The van der Waals surface area contributed by atoms with Crippen molar-refractivity contribution in [1.82, 2.24) is 5.32 Å². The van der Waals surface area contributed by atoms with Gasteiger partial charge in [0.15, 0.2) is 0 Å². The highest BCUT2D eigenvalue weighted by molar-refractivity contribution is 4.97. The predicted octanol–water partition coefficient (Wildman–Crippen LogP) is 5.02. The van der Waals surface area contributed by atoms with Crippen LogP contribution in [0, 0.1) is 17.8 Å². The average molecular weight is 322 g/mol. The molecular formula is C20H35NO2. The summed E-state index contributed by atoms with van der Waals surface area (Å²) in [7, 11) is 0. The molecule has 0 aliphatic carbocycles. The molecule has 1 aliphatic rings. The summed E-state index contributed by atoms with van der Waals surface area (Å²) in [5.74, 6) is 3.44. The first-order valence-electron chi connectivity index (χ1n) is 9.33. The van der Waals surface area contributed by atoms with Crippen LogP contribution in [0.1, 0.15) is 65.6 Å². The average Bonchev–Trinajstić information content (AvgIpc) is 2.98. The highest BCUT2D eigenvalue weighted by Crippen LogP contribution is 2.37. The fourth-order valence-electron chi connectivity index (χ4n) is 3.76. The molecule has 0 saturated carbocycles. The van der Waals surface area contributed by atoms with Gasteiger partial charge in [-0.25, -0.2) is 0 Å². The van der Waals surface area contributed by atoms with Crippen molar-refractivity contribution in [2.75, 3.05) is 13.2 Å². The number of hydrogen-bond acceptors (Lipinski definition) is 3. The van der Waals surface area contributed by atoms with E-state index in [9.17, 15) is 0 Å². The molecule has 2 rings (SSSR count). The molecule has 1 aliphatic heterocycles. The molecule has 1 fully saturated rings. The van der Waals surface area contributed by atoms with Gasteiger partial charge in [-0.2, -0.15) is 0 Å². The number of hydrogen-bond donors (Lipinski definition) is 1. The van der Waals surface area contributed by atoms with Crippen molar-refractivity contribution in [2.45, 2.75) is 71.9 Å². The number of rotatable bonds is 9. The first-order chi connectivity index (χ1) is 11.0. The Morgan fingerprint density at radius 2 is 2.09 bits per heavy atom. The number of furan rings is 1. The highest BCUT2D eigenvalue weighted by Gasteiger charge is 2.33. The molecule has 2 heterocycles. The lowest BCUT2D eigenvalue weighted by Gasteiger charge is -2.39. The van der Waals surface area contributed by atoms with Crippen LogP contribution in [0.25, 0.3) is 0 Å². The van der Waals surface area contributed by atoms with E-state index in [2.05, 4.69) is 33.0 Å². The first-order valence-corrected chi connectivity index (χ1v) is 9.33. The summed E-state index contributed by atoms with van der Waals surface area (Å²) in [5.41, 5.74) is 0.0561. The summed E-state index contributed by atoms with van der Waals surface area (Å²) in [6.45, 7) is 12.0. The Bertz CT molecular complexity index is 425. The minimum atomic E-state index is 0.0561. The predicted molar refractivity (Wildman–Crippen MR) is 95.3 cm³/mol. The Labute approximate surface area is 142 Å². The van der Waals surface area contributed by atoms with E-state index in [1.165, 1.54) is 32.1 Å². The zero-order valence-electron chi connectivity index (χ0n) is 15.4. The molecule has 1 aromatic rings. The highest BCUT2D eigenvalue weighted by atomic mass is 16.5. The molecule has 23 heavy (non-hydrogen) atoms. The maximum Gasteiger partial charge on any atom is 0.117 e. The fraction of sp³-hybridized carbons (Fsp3) is 0.800. The van der Waals surface area contributed by atoms with Crippen LogP contribution in [0.4, 0.5) is 0 Å². The Morgan fingerprint density at radius 3 is 2.74 bits per heavy atom. The van der Waals surface area contributed by atoms with Crippen LogP contribution in [0.15, 0.2) is 22.8 Å². The summed E-state index contributed by atoms with van der Waals surface area (Å²) >= 11 is 0. The number of nitrogens with one attached hydrogen (secondary N) is 1. The largest absolute Gasteiger partial charge is 0.468 e. The van der Waals surface area contributed by atoms with Gasteiger partial charge in [0, 0.05) is 6.61 Å². The van der Waals surface area contributed by atoms with Gasteiger partial charge >= 0.3 is 0 Å². The topological polar surface area (TPSA) is 34.4 Å². The van der Waals surface area contributed by atoms with Gasteiger partial charge in [0.05, 0.1) is 18.4 Å². The second-order valence-corrected chi connectivity index (χ2v) is 8.14. The fourth-order valence-corrected chi connectivity index (χ4v) is 3.76. The monoisotopic (exact) mass is 321 g/mol. The van der Waals surface area contributed by atoms with Crippen molar-refractivity contribution in [2.24, 2.45) is 17.8 Å². The van der Waals surface area contributed by atoms with E-state index in [0.717, 1.165) is 43.2 Å². The van der Waals surface area contributed by atoms with E-state index in [1.807, 2.05) is 12.1 Å². The number of ether oxygens (including phenoxy) is 1. The van der Waals surface area contributed by atoms with Crippen molar-refractivity contribution in [3.8, 4) is 0 Å². The van der Waals surface area contributed by atoms with Gasteiger partial charge in [0.25, 0.3) is 0 Å². The van der Waals surface area contributed by atoms with Gasteiger partial charge in [0.2, 0.25) is 0 Å². The van der Waals surface area contributed by atoms with Crippen molar-refractivity contribution in [1.29, 1.82) is 0 Å². The summed E-state index contributed by atoms with van der Waals surface area (Å²) in [6.07, 6.45) is 8.11. The van der Waals surface area contributed by atoms with Crippen LogP contribution in [-0.2, 0) is 11.3 Å². The molecule has 132 valence electrons. The minimum absolute atomic E-state index is 0.0561. The van der Waals surface area contributed by atoms with Crippen molar-refractivity contribution in [3.05, 3.63) is 24.2 Å². The van der Waals surface area contributed by atoms with Gasteiger partial charge < -0.3 is 14.5 Å². The van der Waals surface area contributed by atoms with Crippen LogP contribution >= 0.6 is 0 Å². The van der Waals surface area contributed by atoms with E-state index in [4.69, 9.17) is 9.15 Å². The third-order valence-corrected chi connectivity index (χ3v) is 5.09. The van der Waals surface area contributed by atoms with Crippen LogP contribution < -0.4 is 5.32 Å². The third-order valence-electron chi connectivity index (χ3n) is 5.09. The molecule has 2 atom stereocenters. The standard InChI is InChI=1S/C20H35NO2/c1-16(2)7-8-17(18-10-13-23-20(3,4)14-18)9-11-21-15-19-6-5-12-22-19/h5-6,12,16-18,21H,7-11,13-15H2,1-4H3/t17-,18+/m1/s1. The molecule has 3 heteroatoms. The lowest BCUT2D eigenvalue weighted by molar-refractivity contribution is -0.0839. The zero-order valence-corrected chi connectivity index (χ0v) is 15.4. The maximum atomic E-state index is 5.92. The molecule has 0 spiro atoms. The van der Waals surface area contributed by atoms with E-state index in [0.29, 0.717) is 0 Å². The summed E-state index contributed by atoms with van der Waals surface area (Å²) in [4.78, 5) is 0. The smallest absolute Gasteiger partial charge is 0.117 e.